The molecule has 2 unspecified atom stereocenters. The van der Waals surface area contributed by atoms with Crippen LogP contribution in [0.5, 0.6) is 11.5 Å². The summed E-state index contributed by atoms with van der Waals surface area (Å²) in [7, 11) is 0. The van der Waals surface area contributed by atoms with Gasteiger partial charge in [0, 0.05) is 85.6 Å². The number of para-hydroxylation sites is 2. The molecule has 13 heteroatoms. The van der Waals surface area contributed by atoms with Gasteiger partial charge in [0.2, 0.25) is 22.8 Å². The fourth-order valence-corrected chi connectivity index (χ4v) is 13.9. The van der Waals surface area contributed by atoms with Crippen molar-refractivity contribution in [2.24, 2.45) is 0 Å². The molecule has 0 spiro atoms. The third kappa shape index (κ3) is 7.66. The van der Waals surface area contributed by atoms with E-state index in [1.165, 1.54) is 75.2 Å². The number of ether oxygens (including phenoxy) is 2. The zero-order chi connectivity index (χ0) is 46.7. The number of carbonyl (C=O) groups is 2. The number of carbonyl (C=O) groups excluding carboxylic acids is 2. The van der Waals surface area contributed by atoms with Crippen molar-refractivity contribution in [2.45, 2.75) is 89.5 Å². The number of nitrogens with one attached hydrogen (secondary N) is 2. The molecule has 70 heavy (non-hydrogen) atoms. The summed E-state index contributed by atoms with van der Waals surface area (Å²) in [5, 5.41) is 8.48. The highest BCUT2D eigenvalue weighted by molar-refractivity contribution is 7.19. The van der Waals surface area contributed by atoms with Crippen molar-refractivity contribution in [3.8, 4) is 11.5 Å². The van der Waals surface area contributed by atoms with Crippen LogP contribution in [0.15, 0.2) is 128 Å². The Labute approximate surface area is 414 Å². The minimum atomic E-state index is -0.0811. The monoisotopic (exact) mass is 963 g/mol. The Hall–Kier alpha value is -7.09. The van der Waals surface area contributed by atoms with Crippen molar-refractivity contribution in [1.82, 2.24) is 4.98 Å². The summed E-state index contributed by atoms with van der Waals surface area (Å²) in [6, 6.07) is 35.5. The Morgan fingerprint density at radius 2 is 1.04 bits per heavy atom. The molecule has 7 aromatic rings. The Morgan fingerprint density at radius 1 is 0.571 bits per heavy atom. The van der Waals surface area contributed by atoms with Crippen molar-refractivity contribution in [3.63, 3.8) is 0 Å². The Bertz CT molecular complexity index is 3180. The van der Waals surface area contributed by atoms with Gasteiger partial charge < -0.3 is 29.9 Å². The molecule has 0 radical (unpaired) electrons. The van der Waals surface area contributed by atoms with E-state index in [-0.39, 0.29) is 24.0 Å². The van der Waals surface area contributed by atoms with Gasteiger partial charge in [0.15, 0.2) is 13.1 Å². The number of nitrogens with zero attached hydrogens (tertiary/aromatic N) is 5. The summed E-state index contributed by atoms with van der Waals surface area (Å²) in [4.78, 5) is 35.2. The molecule has 4 aromatic carbocycles. The molecule has 2 amide bonds. The number of thiazole rings is 2. The predicted octanol–water partition coefficient (Wildman–Crippen LogP) is 11.3. The standard InChI is InChI=1S/C57H51N7O4S2/c65-50(24-3-1-9-30-61-32-26-36-52-40(61)16-11-18-42(52)67-44-28-34-63-38-14-5-7-20-46(38)69-56(63)54(36)44)59-48-22-13-23-49(58-48)60-51(66)25-4-2-10-31-62-33-27-37-53-41(62)17-12-19-43(53)68-45-29-35-64-39-15-6-8-21-47(39)70-57(64)55(37)45/h5-8,11-23,26-27,32-33,44-45H,1-4,9-10,24-25,28-31,34-35H2/p+2. The van der Waals surface area contributed by atoms with E-state index in [0.717, 1.165) is 89.0 Å². The van der Waals surface area contributed by atoms with Crippen LogP contribution in [0.4, 0.5) is 23.0 Å². The van der Waals surface area contributed by atoms with Crippen molar-refractivity contribution in [1.29, 1.82) is 0 Å². The van der Waals surface area contributed by atoms with E-state index >= 15 is 0 Å². The fraction of sp³-hybridized carbons (Fsp3) is 0.281. The molecule has 0 saturated carbocycles. The largest absolute Gasteiger partial charge is 0.484 e. The predicted molar refractivity (Wildman–Crippen MR) is 280 cm³/mol. The Balaban J connectivity index is 0.566. The Kier molecular flexibility index (Phi) is 11.1. The molecule has 11 nitrogen and oxygen atoms in total. The maximum Gasteiger partial charge on any atom is 0.270 e. The molecule has 0 saturated heterocycles. The lowest BCUT2D eigenvalue weighted by molar-refractivity contribution is -0.674. The maximum absolute atomic E-state index is 13.0. The first kappa shape index (κ1) is 43.0. The van der Waals surface area contributed by atoms with E-state index in [4.69, 9.17) is 9.47 Å². The van der Waals surface area contributed by atoms with Crippen LogP contribution in [0, 0.1) is 0 Å². The summed E-state index contributed by atoms with van der Waals surface area (Å²) in [5.74, 6) is 2.64. The molecule has 350 valence electrons. The van der Waals surface area contributed by atoms with Crippen LogP contribution in [-0.2, 0) is 22.7 Å². The van der Waals surface area contributed by atoms with Crippen LogP contribution in [0.2, 0.25) is 0 Å². The number of aryl methyl sites for hydroxylation is 2. The number of hydrogen-bond donors (Lipinski definition) is 2. The SMILES string of the molecule is O=C(CCCCCN1C=CC2=C3c4sc5ccccc5[n+]4CCC3Oc3cccc1c32)Nc1cccc(NC(=O)CCCCCN2C=CC3=C4c5sc6ccccc6[n+]5CCC4Oc4cccc2c43)n1. The fourth-order valence-electron chi connectivity index (χ4n) is 11.3. The van der Waals surface area contributed by atoms with Gasteiger partial charge in [0.05, 0.1) is 22.5 Å². The smallest absolute Gasteiger partial charge is 0.270 e. The molecule has 0 aliphatic carbocycles. The van der Waals surface area contributed by atoms with Gasteiger partial charge in [-0.25, -0.2) is 4.98 Å². The van der Waals surface area contributed by atoms with E-state index in [1.54, 1.807) is 12.1 Å². The quantitative estimate of drug-likeness (QED) is 0.0826. The summed E-state index contributed by atoms with van der Waals surface area (Å²) in [6.45, 7) is 3.61. The van der Waals surface area contributed by atoms with Gasteiger partial charge in [0.25, 0.3) is 10.0 Å². The number of anilines is 4. The van der Waals surface area contributed by atoms with E-state index in [1.807, 2.05) is 28.7 Å². The number of benzene rings is 4. The summed E-state index contributed by atoms with van der Waals surface area (Å²) >= 11 is 3.72. The van der Waals surface area contributed by atoms with E-state index in [2.05, 4.69) is 144 Å². The van der Waals surface area contributed by atoms with Crippen LogP contribution >= 0.6 is 22.7 Å². The highest BCUT2D eigenvalue weighted by atomic mass is 32.1. The highest BCUT2D eigenvalue weighted by Gasteiger charge is 2.44. The lowest BCUT2D eigenvalue weighted by atomic mass is 9.87. The van der Waals surface area contributed by atoms with Gasteiger partial charge in [-0.3, -0.25) is 9.59 Å². The molecular formula is C57H53N7O4S2+2. The molecule has 6 aliphatic heterocycles. The second-order valence-electron chi connectivity index (χ2n) is 18.9. The number of amides is 2. The average molecular weight is 964 g/mol. The van der Waals surface area contributed by atoms with Gasteiger partial charge in [0.1, 0.15) is 44.7 Å². The molecule has 0 fully saturated rings. The number of pyridine rings is 1. The van der Waals surface area contributed by atoms with Gasteiger partial charge >= 0.3 is 0 Å². The molecule has 2 atom stereocenters. The first-order valence-electron chi connectivity index (χ1n) is 24.9. The third-order valence-corrected chi connectivity index (χ3v) is 17.0. The zero-order valence-electron chi connectivity index (χ0n) is 38.9. The van der Waals surface area contributed by atoms with E-state index < -0.39 is 0 Å². The van der Waals surface area contributed by atoms with Crippen LogP contribution in [-0.4, -0.2) is 42.1 Å². The van der Waals surface area contributed by atoms with Crippen LogP contribution < -0.4 is 39.0 Å². The Morgan fingerprint density at radius 3 is 1.54 bits per heavy atom. The van der Waals surface area contributed by atoms with Crippen LogP contribution in [0.25, 0.3) is 42.7 Å². The molecule has 13 rings (SSSR count). The van der Waals surface area contributed by atoms with Crippen molar-refractivity contribution >= 4 is 100 Å². The average Bonchev–Trinajstić information content (AvgIpc) is 3.96. The van der Waals surface area contributed by atoms with E-state index in [0.29, 0.717) is 24.5 Å². The second-order valence-corrected chi connectivity index (χ2v) is 21.0. The minimum absolute atomic E-state index is 0.0542. The van der Waals surface area contributed by atoms with Gasteiger partial charge in [-0.15, -0.1) is 0 Å². The number of fused-ring (bicyclic) bond motifs is 10. The van der Waals surface area contributed by atoms with Crippen molar-refractivity contribution < 1.29 is 28.2 Å². The summed E-state index contributed by atoms with van der Waals surface area (Å²) < 4.78 is 21.0. The first-order valence-corrected chi connectivity index (χ1v) is 26.5. The molecule has 2 N–H and O–H groups in total. The van der Waals surface area contributed by atoms with Gasteiger partial charge in [-0.1, -0.05) is 78.0 Å². The van der Waals surface area contributed by atoms with Crippen LogP contribution in [0.1, 0.15) is 85.4 Å². The van der Waals surface area contributed by atoms with Crippen molar-refractivity contribution in [3.05, 3.63) is 149 Å². The highest BCUT2D eigenvalue weighted by Crippen LogP contribution is 2.52. The molecule has 3 aromatic heterocycles. The number of aromatic nitrogens is 3. The number of unbranched alkanes of at least 4 members (excludes halogenated alkanes) is 4. The first-order chi connectivity index (χ1) is 34.5. The maximum atomic E-state index is 13.0. The normalized spacial score (nSPS) is 17.8. The lowest BCUT2D eigenvalue weighted by Gasteiger charge is -2.36. The zero-order valence-corrected chi connectivity index (χ0v) is 40.5. The molecule has 0 bridgehead atoms. The summed E-state index contributed by atoms with van der Waals surface area (Å²) in [6.07, 6.45) is 17.1. The van der Waals surface area contributed by atoms with E-state index in [9.17, 15) is 9.59 Å². The third-order valence-electron chi connectivity index (χ3n) is 14.6. The van der Waals surface area contributed by atoms with Crippen LogP contribution in [0.3, 0.4) is 0 Å². The number of rotatable bonds is 14. The lowest BCUT2D eigenvalue weighted by Crippen LogP contribution is -2.45. The second kappa shape index (κ2) is 18.0. The molecule has 6 aliphatic rings. The number of hydrogen-bond acceptors (Lipinski definition) is 9. The number of allylic oxidation sites excluding steroid dienone is 4. The van der Waals surface area contributed by atoms with Gasteiger partial charge in [-0.2, -0.15) is 9.13 Å². The summed E-state index contributed by atoms with van der Waals surface area (Å²) in [5.41, 5.74) is 12.5. The molecular weight excluding hydrogens is 911 g/mol. The van der Waals surface area contributed by atoms with Crippen molar-refractivity contribution in [2.75, 3.05) is 33.5 Å². The topological polar surface area (TPSA) is 104 Å². The van der Waals surface area contributed by atoms with Gasteiger partial charge in [-0.05, 0) is 86.4 Å². The minimum Gasteiger partial charge on any atom is -0.484 e. The molecule has 9 heterocycles.